The lowest BCUT2D eigenvalue weighted by molar-refractivity contribution is 0.188. The van der Waals surface area contributed by atoms with Crippen molar-refractivity contribution < 1.29 is 5.11 Å². The van der Waals surface area contributed by atoms with Crippen molar-refractivity contribution in [1.82, 2.24) is 4.98 Å². The van der Waals surface area contributed by atoms with Crippen LogP contribution >= 0.6 is 11.3 Å². The molecule has 0 amide bonds. The monoisotopic (exact) mass is 236 g/mol. The molecule has 0 aliphatic rings. The van der Waals surface area contributed by atoms with E-state index in [1.807, 2.05) is 18.2 Å². The van der Waals surface area contributed by atoms with Gasteiger partial charge in [-0.2, -0.15) is 0 Å². The van der Waals surface area contributed by atoms with Gasteiger partial charge in [0.1, 0.15) is 0 Å². The largest absolute Gasteiger partial charge is 0.387 e. The summed E-state index contributed by atoms with van der Waals surface area (Å²) in [7, 11) is 0. The first-order valence-electron chi connectivity index (χ1n) is 5.41. The van der Waals surface area contributed by atoms with E-state index in [4.69, 9.17) is 5.73 Å². The molecule has 0 saturated heterocycles. The number of nitrogens with two attached hydrogens (primary N) is 1. The van der Waals surface area contributed by atoms with Crippen LogP contribution < -0.4 is 5.73 Å². The number of fused-ring (bicyclic) bond motifs is 1. The van der Waals surface area contributed by atoms with Gasteiger partial charge in [0, 0.05) is 18.0 Å². The molecule has 0 spiro atoms. The van der Waals surface area contributed by atoms with E-state index in [1.165, 1.54) is 0 Å². The fourth-order valence-electron chi connectivity index (χ4n) is 1.62. The van der Waals surface area contributed by atoms with Gasteiger partial charge in [-0.1, -0.05) is 26.0 Å². The molecule has 86 valence electrons. The summed E-state index contributed by atoms with van der Waals surface area (Å²) in [6.07, 6.45) is -0.593. The van der Waals surface area contributed by atoms with Crippen LogP contribution in [0.5, 0.6) is 0 Å². The average Bonchev–Trinajstić information content (AvgIpc) is 2.71. The van der Waals surface area contributed by atoms with Crippen molar-refractivity contribution in [2.24, 2.45) is 5.73 Å². The molecule has 1 aromatic heterocycles. The number of nitrogens with zero attached hydrogens (tertiary/aromatic N) is 1. The van der Waals surface area contributed by atoms with Crippen molar-refractivity contribution in [3.05, 3.63) is 28.8 Å². The molecule has 0 bridgehead atoms. The zero-order valence-electron chi connectivity index (χ0n) is 9.47. The number of aliphatic hydroxyl groups excluding tert-OH is 1. The van der Waals surface area contributed by atoms with E-state index in [0.717, 1.165) is 20.8 Å². The van der Waals surface area contributed by atoms with Crippen molar-refractivity contribution >= 4 is 21.6 Å². The van der Waals surface area contributed by atoms with Crippen LogP contribution in [0.25, 0.3) is 10.2 Å². The maximum absolute atomic E-state index is 9.83. The number of benzene rings is 1. The summed E-state index contributed by atoms with van der Waals surface area (Å²) in [6, 6.07) is 5.81. The van der Waals surface area contributed by atoms with E-state index in [0.29, 0.717) is 5.92 Å². The quantitative estimate of drug-likeness (QED) is 0.860. The van der Waals surface area contributed by atoms with Gasteiger partial charge in [0.2, 0.25) is 0 Å². The Hall–Kier alpha value is -0.970. The Balaban J connectivity index is 2.58. The van der Waals surface area contributed by atoms with E-state index in [1.54, 1.807) is 11.3 Å². The number of aromatic nitrogens is 1. The van der Waals surface area contributed by atoms with Gasteiger partial charge in [-0.15, -0.1) is 11.3 Å². The number of hydrogen-bond acceptors (Lipinski definition) is 4. The molecular formula is C12H16N2OS. The lowest BCUT2D eigenvalue weighted by Crippen LogP contribution is -2.11. The van der Waals surface area contributed by atoms with Crippen LogP contribution in [-0.2, 0) is 0 Å². The SMILES string of the molecule is CC(C)c1nc2cccc(C(O)CN)c2s1. The Labute approximate surface area is 98.9 Å². The Morgan fingerprint density at radius 1 is 1.44 bits per heavy atom. The Bertz CT molecular complexity index is 493. The predicted molar refractivity (Wildman–Crippen MR) is 67.7 cm³/mol. The summed E-state index contributed by atoms with van der Waals surface area (Å²) >= 11 is 1.65. The zero-order chi connectivity index (χ0) is 11.7. The number of rotatable bonds is 3. The molecule has 2 aromatic rings. The van der Waals surface area contributed by atoms with Gasteiger partial charge in [0.15, 0.2) is 0 Å². The maximum Gasteiger partial charge on any atom is 0.0964 e. The Morgan fingerprint density at radius 3 is 2.81 bits per heavy atom. The third-order valence-corrected chi connectivity index (χ3v) is 3.96. The van der Waals surface area contributed by atoms with E-state index in [9.17, 15) is 5.11 Å². The first-order chi connectivity index (χ1) is 7.63. The molecule has 0 saturated carbocycles. The van der Waals surface area contributed by atoms with E-state index in [2.05, 4.69) is 18.8 Å². The van der Waals surface area contributed by atoms with Crippen LogP contribution in [0.2, 0.25) is 0 Å². The van der Waals surface area contributed by atoms with Crippen molar-refractivity contribution in [2.75, 3.05) is 6.54 Å². The van der Waals surface area contributed by atoms with Crippen molar-refractivity contribution in [2.45, 2.75) is 25.9 Å². The molecule has 0 aliphatic heterocycles. The van der Waals surface area contributed by atoms with Gasteiger partial charge in [-0.05, 0) is 6.07 Å². The molecule has 3 N–H and O–H groups in total. The van der Waals surface area contributed by atoms with Gasteiger partial charge in [-0.25, -0.2) is 4.98 Å². The van der Waals surface area contributed by atoms with Gasteiger partial charge >= 0.3 is 0 Å². The third kappa shape index (κ3) is 1.96. The Morgan fingerprint density at radius 2 is 2.19 bits per heavy atom. The standard InChI is InChI=1S/C12H16N2OS/c1-7(2)12-14-9-5-3-4-8(10(15)6-13)11(9)16-12/h3-5,7,10,15H,6,13H2,1-2H3. The molecule has 3 nitrogen and oxygen atoms in total. The van der Waals surface area contributed by atoms with Crippen molar-refractivity contribution in [3.8, 4) is 0 Å². The van der Waals surface area contributed by atoms with Gasteiger partial charge in [0.05, 0.1) is 21.3 Å². The molecule has 1 atom stereocenters. The van der Waals surface area contributed by atoms with Crippen LogP contribution in [0.15, 0.2) is 18.2 Å². The summed E-state index contributed by atoms with van der Waals surface area (Å²) in [4.78, 5) is 4.56. The minimum Gasteiger partial charge on any atom is -0.387 e. The van der Waals surface area contributed by atoms with Gasteiger partial charge < -0.3 is 10.8 Å². The second-order valence-electron chi connectivity index (χ2n) is 4.15. The highest BCUT2D eigenvalue weighted by molar-refractivity contribution is 7.18. The van der Waals surface area contributed by atoms with E-state index >= 15 is 0 Å². The molecule has 0 radical (unpaired) electrons. The summed E-state index contributed by atoms with van der Waals surface area (Å²) in [6.45, 7) is 4.49. The van der Waals surface area contributed by atoms with Crippen molar-refractivity contribution in [1.29, 1.82) is 0 Å². The molecule has 1 unspecified atom stereocenters. The smallest absolute Gasteiger partial charge is 0.0964 e. The maximum atomic E-state index is 9.83. The lowest BCUT2D eigenvalue weighted by Gasteiger charge is -2.07. The molecule has 16 heavy (non-hydrogen) atoms. The summed E-state index contributed by atoms with van der Waals surface area (Å²) < 4.78 is 1.06. The normalized spacial score (nSPS) is 13.6. The third-order valence-electron chi connectivity index (χ3n) is 2.54. The molecule has 0 fully saturated rings. The average molecular weight is 236 g/mol. The van der Waals surface area contributed by atoms with Crippen molar-refractivity contribution in [3.63, 3.8) is 0 Å². The first kappa shape index (κ1) is 11.5. The molecule has 0 aliphatic carbocycles. The highest BCUT2D eigenvalue weighted by Crippen LogP contribution is 2.32. The predicted octanol–water partition coefficient (Wildman–Crippen LogP) is 2.41. The van der Waals surface area contributed by atoms with Crippen LogP contribution in [-0.4, -0.2) is 16.6 Å². The fourth-order valence-corrected chi connectivity index (χ4v) is 2.75. The molecular weight excluding hydrogens is 220 g/mol. The number of thiazole rings is 1. The van der Waals surface area contributed by atoms with E-state index < -0.39 is 6.10 Å². The summed E-state index contributed by atoms with van der Waals surface area (Å²) in [5.41, 5.74) is 7.35. The zero-order valence-corrected chi connectivity index (χ0v) is 10.3. The summed E-state index contributed by atoms with van der Waals surface area (Å²) in [5.74, 6) is 0.417. The summed E-state index contributed by atoms with van der Waals surface area (Å²) in [5, 5.41) is 10.9. The molecule has 1 heterocycles. The number of aliphatic hydroxyl groups is 1. The highest BCUT2D eigenvalue weighted by atomic mass is 32.1. The molecule has 4 heteroatoms. The second kappa shape index (κ2) is 4.49. The van der Waals surface area contributed by atoms with Gasteiger partial charge in [-0.3, -0.25) is 0 Å². The van der Waals surface area contributed by atoms with E-state index in [-0.39, 0.29) is 6.54 Å². The van der Waals surface area contributed by atoms with Gasteiger partial charge in [0.25, 0.3) is 0 Å². The van der Waals surface area contributed by atoms with Crippen LogP contribution in [0.4, 0.5) is 0 Å². The van der Waals surface area contributed by atoms with Crippen LogP contribution in [0.1, 0.15) is 36.4 Å². The minimum atomic E-state index is -0.593. The second-order valence-corrected chi connectivity index (χ2v) is 5.18. The van der Waals surface area contributed by atoms with Crippen LogP contribution in [0.3, 0.4) is 0 Å². The highest BCUT2D eigenvalue weighted by Gasteiger charge is 2.14. The minimum absolute atomic E-state index is 0.244. The topological polar surface area (TPSA) is 59.1 Å². The first-order valence-corrected chi connectivity index (χ1v) is 6.22. The number of hydrogen-bond donors (Lipinski definition) is 2. The molecule has 1 aromatic carbocycles. The fraction of sp³-hybridized carbons (Fsp3) is 0.417. The Kier molecular flexibility index (Phi) is 3.23. The molecule has 2 rings (SSSR count). The van der Waals surface area contributed by atoms with Crippen LogP contribution in [0, 0.1) is 0 Å². The lowest BCUT2D eigenvalue weighted by atomic mass is 10.1.